The molecular formula is C31H35N3O3. The molecule has 1 aromatic heterocycles. The second kappa shape index (κ2) is 12.0. The summed E-state index contributed by atoms with van der Waals surface area (Å²) >= 11 is 0. The lowest BCUT2D eigenvalue weighted by Gasteiger charge is -2.24. The highest BCUT2D eigenvalue weighted by atomic mass is 16.7. The summed E-state index contributed by atoms with van der Waals surface area (Å²) in [6.45, 7) is 8.47. The van der Waals surface area contributed by atoms with Crippen LogP contribution in [0.15, 0.2) is 79.0 Å². The van der Waals surface area contributed by atoms with Gasteiger partial charge < -0.3 is 18.8 Å². The summed E-state index contributed by atoms with van der Waals surface area (Å²) in [4.78, 5) is 7.27. The molecule has 0 N–H and O–H groups in total. The van der Waals surface area contributed by atoms with Gasteiger partial charge in [-0.2, -0.15) is 0 Å². The topological polar surface area (TPSA) is 48.8 Å². The number of rotatable bonds is 12. The van der Waals surface area contributed by atoms with Gasteiger partial charge in [-0.05, 0) is 48.7 Å². The van der Waals surface area contributed by atoms with Gasteiger partial charge in [-0.1, -0.05) is 61.9 Å². The maximum atomic E-state index is 6.13. The Balaban J connectivity index is 1.37. The van der Waals surface area contributed by atoms with Gasteiger partial charge >= 0.3 is 0 Å². The fourth-order valence-corrected chi connectivity index (χ4v) is 4.66. The van der Waals surface area contributed by atoms with E-state index >= 15 is 0 Å². The highest BCUT2D eigenvalue weighted by Crippen LogP contribution is 2.33. The summed E-state index contributed by atoms with van der Waals surface area (Å²) < 4.78 is 19.6. The van der Waals surface area contributed by atoms with Gasteiger partial charge in [0.2, 0.25) is 6.79 Å². The SMILES string of the molecule is CCCCn1c(CN(CCOc2cccc(C)c2)Cc2ccc3c(c2)OCO3)cnc1-c1ccccc1. The molecule has 0 saturated carbocycles. The number of hydrogen-bond acceptors (Lipinski definition) is 5. The van der Waals surface area contributed by atoms with E-state index in [2.05, 4.69) is 71.8 Å². The van der Waals surface area contributed by atoms with Gasteiger partial charge in [-0.25, -0.2) is 4.98 Å². The van der Waals surface area contributed by atoms with E-state index in [0.717, 1.165) is 67.7 Å². The maximum absolute atomic E-state index is 6.13. The zero-order chi connectivity index (χ0) is 25.5. The van der Waals surface area contributed by atoms with E-state index in [1.807, 2.05) is 30.5 Å². The molecule has 0 atom stereocenters. The van der Waals surface area contributed by atoms with Gasteiger partial charge in [0.15, 0.2) is 11.5 Å². The molecule has 1 aliphatic heterocycles. The molecular weight excluding hydrogens is 462 g/mol. The van der Waals surface area contributed by atoms with Crippen molar-refractivity contribution in [2.45, 2.75) is 46.3 Å². The predicted molar refractivity (Wildman–Crippen MR) is 146 cm³/mol. The van der Waals surface area contributed by atoms with Crippen LogP contribution in [0.25, 0.3) is 11.4 Å². The number of nitrogens with zero attached hydrogens (tertiary/aromatic N) is 3. The van der Waals surface area contributed by atoms with Gasteiger partial charge in [-0.15, -0.1) is 0 Å². The van der Waals surface area contributed by atoms with Crippen molar-refractivity contribution in [3.63, 3.8) is 0 Å². The predicted octanol–water partition coefficient (Wildman–Crippen LogP) is 6.47. The third-order valence-corrected chi connectivity index (χ3v) is 6.60. The molecule has 0 radical (unpaired) electrons. The number of benzene rings is 3. The summed E-state index contributed by atoms with van der Waals surface area (Å²) in [5, 5.41) is 0. The monoisotopic (exact) mass is 497 g/mol. The van der Waals surface area contributed by atoms with E-state index in [0.29, 0.717) is 6.61 Å². The molecule has 3 aromatic carbocycles. The minimum Gasteiger partial charge on any atom is -0.492 e. The van der Waals surface area contributed by atoms with Crippen LogP contribution < -0.4 is 14.2 Å². The lowest BCUT2D eigenvalue weighted by Crippen LogP contribution is -2.29. The zero-order valence-corrected chi connectivity index (χ0v) is 21.7. The largest absolute Gasteiger partial charge is 0.492 e. The van der Waals surface area contributed by atoms with Crippen molar-refractivity contribution in [2.24, 2.45) is 0 Å². The highest BCUT2D eigenvalue weighted by Gasteiger charge is 2.18. The molecule has 0 fully saturated rings. The van der Waals surface area contributed by atoms with Crippen molar-refractivity contribution in [1.82, 2.24) is 14.5 Å². The van der Waals surface area contributed by atoms with Crippen LogP contribution in [0.3, 0.4) is 0 Å². The van der Waals surface area contributed by atoms with Gasteiger partial charge in [0.25, 0.3) is 0 Å². The van der Waals surface area contributed by atoms with Gasteiger partial charge in [0.05, 0.1) is 11.9 Å². The smallest absolute Gasteiger partial charge is 0.231 e. The van der Waals surface area contributed by atoms with Gasteiger partial charge in [0.1, 0.15) is 18.2 Å². The molecule has 192 valence electrons. The molecule has 0 bridgehead atoms. The molecule has 0 spiro atoms. The molecule has 37 heavy (non-hydrogen) atoms. The number of hydrogen-bond donors (Lipinski definition) is 0. The van der Waals surface area contributed by atoms with Crippen molar-refractivity contribution in [2.75, 3.05) is 19.9 Å². The van der Waals surface area contributed by atoms with Crippen LogP contribution in [0.5, 0.6) is 17.2 Å². The van der Waals surface area contributed by atoms with Gasteiger partial charge in [0, 0.05) is 31.7 Å². The first-order chi connectivity index (χ1) is 18.2. The summed E-state index contributed by atoms with van der Waals surface area (Å²) in [7, 11) is 0. The molecule has 6 heteroatoms. The maximum Gasteiger partial charge on any atom is 0.231 e. The Morgan fingerprint density at radius 1 is 0.946 bits per heavy atom. The fraction of sp³-hybridized carbons (Fsp3) is 0.323. The molecule has 0 unspecified atom stereocenters. The minimum atomic E-state index is 0.283. The van der Waals surface area contributed by atoms with E-state index in [4.69, 9.17) is 19.2 Å². The number of fused-ring (bicyclic) bond motifs is 1. The zero-order valence-electron chi connectivity index (χ0n) is 21.7. The Bertz CT molecular complexity index is 1300. The van der Waals surface area contributed by atoms with Crippen LogP contribution in [-0.4, -0.2) is 34.4 Å². The Morgan fingerprint density at radius 2 is 1.81 bits per heavy atom. The van der Waals surface area contributed by atoms with E-state index in [-0.39, 0.29) is 6.79 Å². The lowest BCUT2D eigenvalue weighted by molar-refractivity contribution is 0.173. The third-order valence-electron chi connectivity index (χ3n) is 6.60. The number of ether oxygens (including phenoxy) is 3. The molecule has 6 nitrogen and oxygen atoms in total. The molecule has 0 aliphatic carbocycles. The van der Waals surface area contributed by atoms with Crippen molar-refractivity contribution >= 4 is 0 Å². The van der Waals surface area contributed by atoms with Crippen molar-refractivity contribution < 1.29 is 14.2 Å². The third kappa shape index (κ3) is 6.33. The number of aromatic nitrogens is 2. The molecule has 5 rings (SSSR count). The Kier molecular flexibility index (Phi) is 8.06. The molecule has 4 aromatic rings. The van der Waals surface area contributed by atoms with Crippen molar-refractivity contribution in [3.05, 3.63) is 95.8 Å². The second-order valence-electron chi connectivity index (χ2n) is 9.51. The summed E-state index contributed by atoms with van der Waals surface area (Å²) in [5.74, 6) is 3.56. The summed E-state index contributed by atoms with van der Waals surface area (Å²) in [5.41, 5.74) is 4.74. The summed E-state index contributed by atoms with van der Waals surface area (Å²) in [6.07, 6.45) is 4.28. The normalized spacial score (nSPS) is 12.3. The van der Waals surface area contributed by atoms with E-state index in [1.165, 1.54) is 16.8 Å². The molecule has 0 saturated heterocycles. The van der Waals surface area contributed by atoms with Crippen molar-refractivity contribution in [3.8, 4) is 28.6 Å². The molecule has 2 heterocycles. The Labute approximate surface area is 219 Å². The number of unbranched alkanes of at least 4 members (excludes halogenated alkanes) is 1. The number of aryl methyl sites for hydroxylation is 1. The standard InChI is InChI=1S/C31H35N3O3/c1-3-4-15-34-27(20-32-31(34)26-10-6-5-7-11-26)22-33(16-17-35-28-12-8-9-24(2)18-28)21-25-13-14-29-30(19-25)37-23-36-29/h5-14,18-20H,3-4,15-17,21-23H2,1-2H3. The average Bonchev–Trinajstić information content (AvgIpc) is 3.54. The first-order valence-corrected chi connectivity index (χ1v) is 13.1. The highest BCUT2D eigenvalue weighted by molar-refractivity contribution is 5.56. The lowest BCUT2D eigenvalue weighted by atomic mass is 10.2. The van der Waals surface area contributed by atoms with Gasteiger partial charge in [-0.3, -0.25) is 4.90 Å². The number of imidazole rings is 1. The average molecular weight is 498 g/mol. The van der Waals surface area contributed by atoms with Crippen LogP contribution in [0.1, 0.15) is 36.6 Å². The van der Waals surface area contributed by atoms with E-state index < -0.39 is 0 Å². The van der Waals surface area contributed by atoms with Crippen LogP contribution >= 0.6 is 0 Å². The molecule has 0 amide bonds. The Hall–Kier alpha value is -3.77. The van der Waals surface area contributed by atoms with Crippen LogP contribution in [0.2, 0.25) is 0 Å². The van der Waals surface area contributed by atoms with Crippen molar-refractivity contribution in [1.29, 1.82) is 0 Å². The quantitative estimate of drug-likeness (QED) is 0.225. The fourth-order valence-electron chi connectivity index (χ4n) is 4.66. The van der Waals surface area contributed by atoms with Crippen LogP contribution in [-0.2, 0) is 19.6 Å². The molecule has 1 aliphatic rings. The Morgan fingerprint density at radius 3 is 2.65 bits per heavy atom. The second-order valence-corrected chi connectivity index (χ2v) is 9.51. The van der Waals surface area contributed by atoms with E-state index in [9.17, 15) is 0 Å². The first-order valence-electron chi connectivity index (χ1n) is 13.1. The summed E-state index contributed by atoms with van der Waals surface area (Å²) in [6, 6.07) is 24.9. The van der Waals surface area contributed by atoms with E-state index in [1.54, 1.807) is 0 Å². The minimum absolute atomic E-state index is 0.283. The first kappa shape index (κ1) is 24.9. The van der Waals surface area contributed by atoms with Crippen LogP contribution in [0.4, 0.5) is 0 Å². The van der Waals surface area contributed by atoms with Crippen LogP contribution in [0, 0.1) is 6.92 Å².